The summed E-state index contributed by atoms with van der Waals surface area (Å²) in [5, 5.41) is 3.83. The van der Waals surface area contributed by atoms with Crippen molar-refractivity contribution in [2.24, 2.45) is 10.9 Å². The molecule has 1 aliphatic carbocycles. The summed E-state index contributed by atoms with van der Waals surface area (Å²) in [6.45, 7) is 7.54. The first kappa shape index (κ1) is 24.9. The van der Waals surface area contributed by atoms with Gasteiger partial charge in [-0.3, -0.25) is 4.99 Å². The van der Waals surface area contributed by atoms with E-state index in [4.69, 9.17) is 14.5 Å². The van der Waals surface area contributed by atoms with Gasteiger partial charge in [-0.1, -0.05) is 48.9 Å². The summed E-state index contributed by atoms with van der Waals surface area (Å²) in [5.74, 6) is 2.61. The smallest absolute Gasteiger partial charge is 0.174 e. The zero-order valence-electron chi connectivity index (χ0n) is 21.1. The van der Waals surface area contributed by atoms with Crippen molar-refractivity contribution >= 4 is 40.2 Å². The molecule has 0 saturated carbocycles. The molecule has 1 N–H and O–H groups in total. The molecule has 5 rings (SSSR count). The van der Waals surface area contributed by atoms with E-state index < -0.39 is 0 Å². The lowest BCUT2D eigenvalue weighted by molar-refractivity contribution is 0.275. The Labute approximate surface area is 228 Å². The number of aryl methyl sites for hydroxylation is 1. The van der Waals surface area contributed by atoms with E-state index in [-0.39, 0.29) is 0 Å². The van der Waals surface area contributed by atoms with Crippen LogP contribution in [0.3, 0.4) is 0 Å². The van der Waals surface area contributed by atoms with Gasteiger partial charge in [-0.15, -0.1) is 0 Å². The number of hydrogen-bond donors (Lipinski definition) is 1. The number of rotatable bonds is 8. The van der Waals surface area contributed by atoms with Crippen LogP contribution in [-0.4, -0.2) is 19.4 Å². The lowest BCUT2D eigenvalue weighted by Gasteiger charge is -2.37. The molecule has 0 amide bonds. The van der Waals surface area contributed by atoms with Crippen LogP contribution in [0.1, 0.15) is 60.9 Å². The molecule has 0 saturated heterocycles. The number of nitrogens with zero attached hydrogens (tertiary/aromatic N) is 1. The van der Waals surface area contributed by atoms with E-state index in [1.165, 1.54) is 22.4 Å². The predicted molar refractivity (Wildman–Crippen MR) is 157 cm³/mol. The van der Waals surface area contributed by atoms with Crippen LogP contribution in [-0.2, 0) is 0 Å². The van der Waals surface area contributed by atoms with Crippen molar-refractivity contribution in [2.45, 2.75) is 45.6 Å². The molecule has 3 aromatic rings. The molecule has 1 aliphatic heterocycles. The van der Waals surface area contributed by atoms with E-state index >= 15 is 0 Å². The van der Waals surface area contributed by atoms with Crippen molar-refractivity contribution in [3.8, 4) is 11.5 Å². The standard InChI is InChI=1S/C31H33IN2O2/c1-4-15-36-31-27(32)17-21(18-29(31)35-5-2)19-33-23-12-10-22(11-13-23)30-25-8-6-7-24(25)26-16-20(3)9-14-28(26)34-30/h6-7,9-14,16-19,24-25,30,34H,4-5,8,15H2,1-3H3/t24-,25+,30-/m0/s1. The monoisotopic (exact) mass is 592 g/mol. The molecule has 3 aromatic carbocycles. The second-order valence-corrected chi connectivity index (χ2v) is 10.7. The van der Waals surface area contributed by atoms with Gasteiger partial charge in [0.1, 0.15) is 0 Å². The molecule has 2 aliphatic rings. The van der Waals surface area contributed by atoms with Crippen molar-refractivity contribution < 1.29 is 9.47 Å². The zero-order chi connectivity index (χ0) is 25.1. The number of fused-ring (bicyclic) bond motifs is 3. The summed E-state index contributed by atoms with van der Waals surface area (Å²) in [5.41, 5.74) is 7.25. The van der Waals surface area contributed by atoms with Crippen LogP contribution in [0.15, 0.2) is 71.7 Å². The molecule has 4 nitrogen and oxygen atoms in total. The van der Waals surface area contributed by atoms with Crippen LogP contribution in [0.2, 0.25) is 0 Å². The molecule has 0 unspecified atom stereocenters. The highest BCUT2D eigenvalue weighted by Crippen LogP contribution is 2.50. The minimum absolute atomic E-state index is 0.296. The molecule has 0 aromatic heterocycles. The molecule has 0 spiro atoms. The Morgan fingerprint density at radius 2 is 1.89 bits per heavy atom. The molecule has 5 heteroatoms. The predicted octanol–water partition coefficient (Wildman–Crippen LogP) is 8.36. The van der Waals surface area contributed by atoms with Crippen molar-refractivity contribution in [3.63, 3.8) is 0 Å². The molecule has 1 heterocycles. The molecule has 3 atom stereocenters. The van der Waals surface area contributed by atoms with E-state index in [0.717, 1.165) is 39.2 Å². The largest absolute Gasteiger partial charge is 0.490 e. The van der Waals surface area contributed by atoms with Crippen molar-refractivity contribution in [2.75, 3.05) is 18.5 Å². The van der Waals surface area contributed by atoms with E-state index in [0.29, 0.717) is 31.1 Å². The maximum Gasteiger partial charge on any atom is 0.174 e. The summed E-state index contributed by atoms with van der Waals surface area (Å²) >= 11 is 2.31. The lowest BCUT2D eigenvalue weighted by atomic mass is 9.76. The molecular weight excluding hydrogens is 559 g/mol. The number of allylic oxidation sites excluding steroid dienone is 2. The van der Waals surface area contributed by atoms with Gasteiger partial charge >= 0.3 is 0 Å². The number of benzene rings is 3. The van der Waals surface area contributed by atoms with Gasteiger partial charge in [0.15, 0.2) is 11.5 Å². The summed E-state index contributed by atoms with van der Waals surface area (Å²) in [7, 11) is 0. The normalized spacial score (nSPS) is 20.2. The van der Waals surface area contributed by atoms with Crippen LogP contribution in [0.25, 0.3) is 0 Å². The summed E-state index contributed by atoms with van der Waals surface area (Å²) in [6.07, 6.45) is 8.70. The van der Waals surface area contributed by atoms with Gasteiger partial charge in [0.25, 0.3) is 0 Å². The average molecular weight is 593 g/mol. The minimum atomic E-state index is 0.296. The Morgan fingerprint density at radius 3 is 2.67 bits per heavy atom. The lowest BCUT2D eigenvalue weighted by Crippen LogP contribution is -2.29. The topological polar surface area (TPSA) is 42.8 Å². The Bertz CT molecular complexity index is 1280. The van der Waals surface area contributed by atoms with Gasteiger partial charge in [0, 0.05) is 17.8 Å². The van der Waals surface area contributed by atoms with Gasteiger partial charge in [-0.25, -0.2) is 0 Å². The Kier molecular flexibility index (Phi) is 7.65. The molecule has 0 fully saturated rings. The highest BCUT2D eigenvalue weighted by atomic mass is 127. The number of ether oxygens (including phenoxy) is 2. The fourth-order valence-electron chi connectivity index (χ4n) is 5.23. The first-order valence-corrected chi connectivity index (χ1v) is 13.9. The number of hydrogen-bond acceptors (Lipinski definition) is 4. The van der Waals surface area contributed by atoms with Crippen LogP contribution < -0.4 is 14.8 Å². The van der Waals surface area contributed by atoms with E-state index in [2.05, 4.69) is 102 Å². The van der Waals surface area contributed by atoms with Gasteiger partial charge in [0.2, 0.25) is 0 Å². The van der Waals surface area contributed by atoms with Gasteiger partial charge in [-0.2, -0.15) is 0 Å². The fourth-order valence-corrected chi connectivity index (χ4v) is 6.01. The van der Waals surface area contributed by atoms with Crippen molar-refractivity contribution in [1.82, 2.24) is 0 Å². The second kappa shape index (κ2) is 11.1. The van der Waals surface area contributed by atoms with E-state index in [1.807, 2.05) is 19.2 Å². The third-order valence-electron chi connectivity index (χ3n) is 6.92. The van der Waals surface area contributed by atoms with Gasteiger partial charge < -0.3 is 14.8 Å². The molecule has 186 valence electrons. The Hall–Kier alpha value is -2.80. The quantitative estimate of drug-likeness (QED) is 0.162. The van der Waals surface area contributed by atoms with Gasteiger partial charge in [0.05, 0.1) is 28.5 Å². The zero-order valence-corrected chi connectivity index (χ0v) is 23.3. The molecule has 0 radical (unpaired) electrons. The highest BCUT2D eigenvalue weighted by molar-refractivity contribution is 14.1. The van der Waals surface area contributed by atoms with E-state index in [9.17, 15) is 0 Å². The van der Waals surface area contributed by atoms with Crippen molar-refractivity contribution in [1.29, 1.82) is 0 Å². The average Bonchev–Trinajstić information content (AvgIpc) is 3.38. The SMILES string of the molecule is CCCOc1c(I)cc(C=Nc2ccc([C@@H]3Nc4ccc(C)cc4[C@H]4C=CC[C@H]43)cc2)cc1OCC. The van der Waals surface area contributed by atoms with Gasteiger partial charge in [-0.05, 0) is 102 Å². The van der Waals surface area contributed by atoms with Crippen molar-refractivity contribution in [3.05, 3.63) is 92.6 Å². The second-order valence-electron chi connectivity index (χ2n) is 9.53. The van der Waals surface area contributed by atoms with Crippen LogP contribution in [0.5, 0.6) is 11.5 Å². The number of halogens is 1. The Balaban J connectivity index is 1.34. The number of aliphatic imine (C=N–C) groups is 1. The Morgan fingerprint density at radius 1 is 1.06 bits per heavy atom. The maximum absolute atomic E-state index is 5.93. The van der Waals surface area contributed by atoms with Crippen LogP contribution in [0, 0.1) is 16.4 Å². The fraction of sp³-hybridized carbons (Fsp3) is 0.323. The first-order valence-electron chi connectivity index (χ1n) is 12.8. The molecule has 36 heavy (non-hydrogen) atoms. The maximum atomic E-state index is 5.93. The number of nitrogens with one attached hydrogen (secondary N) is 1. The minimum Gasteiger partial charge on any atom is -0.490 e. The first-order chi connectivity index (χ1) is 17.6. The van der Waals surface area contributed by atoms with E-state index in [1.54, 1.807) is 0 Å². The third-order valence-corrected chi connectivity index (χ3v) is 7.72. The molecular formula is C31H33IN2O2. The molecule has 0 bridgehead atoms. The highest BCUT2D eigenvalue weighted by Gasteiger charge is 2.37. The number of anilines is 1. The summed E-state index contributed by atoms with van der Waals surface area (Å²) < 4.78 is 12.8. The van der Waals surface area contributed by atoms with Crippen LogP contribution in [0.4, 0.5) is 11.4 Å². The van der Waals surface area contributed by atoms with Crippen LogP contribution >= 0.6 is 22.6 Å². The summed E-state index contributed by atoms with van der Waals surface area (Å²) in [6, 6.07) is 19.8. The third kappa shape index (κ3) is 5.17. The summed E-state index contributed by atoms with van der Waals surface area (Å²) in [4.78, 5) is 4.75.